The molecule has 1 aliphatic rings. The molecule has 3 aromatic carbocycles. The predicted octanol–water partition coefficient (Wildman–Crippen LogP) is 5.28. The second kappa shape index (κ2) is 9.63. The lowest BCUT2D eigenvalue weighted by Gasteiger charge is -2.18. The Labute approximate surface area is 198 Å². The largest absolute Gasteiger partial charge is 0.352 e. The van der Waals surface area contributed by atoms with Crippen molar-refractivity contribution in [3.05, 3.63) is 107 Å². The number of nitrogens with zero attached hydrogens (tertiary/aromatic N) is 3. The molecule has 5 rings (SSSR count). The first-order valence-electron chi connectivity index (χ1n) is 11.2. The van der Waals surface area contributed by atoms with E-state index < -0.39 is 5.25 Å². The van der Waals surface area contributed by atoms with Gasteiger partial charge in [0, 0.05) is 18.2 Å². The third kappa shape index (κ3) is 5.17. The Morgan fingerprint density at radius 2 is 1.73 bits per heavy atom. The van der Waals surface area contributed by atoms with Gasteiger partial charge in [0.25, 0.3) is 0 Å². The van der Waals surface area contributed by atoms with E-state index in [2.05, 4.69) is 57.3 Å². The molecule has 0 bridgehead atoms. The van der Waals surface area contributed by atoms with Crippen LogP contribution >= 0.6 is 11.8 Å². The van der Waals surface area contributed by atoms with E-state index in [-0.39, 0.29) is 5.91 Å². The van der Waals surface area contributed by atoms with E-state index in [0.29, 0.717) is 17.6 Å². The van der Waals surface area contributed by atoms with Crippen LogP contribution in [0.2, 0.25) is 0 Å². The van der Waals surface area contributed by atoms with Crippen molar-refractivity contribution in [3.8, 4) is 5.69 Å². The van der Waals surface area contributed by atoms with Crippen LogP contribution in [0.15, 0.2) is 90.1 Å². The maximum atomic E-state index is 13.2. The highest BCUT2D eigenvalue weighted by molar-refractivity contribution is 8.00. The van der Waals surface area contributed by atoms with Crippen LogP contribution in [0.5, 0.6) is 0 Å². The van der Waals surface area contributed by atoms with Crippen molar-refractivity contribution in [3.63, 3.8) is 0 Å². The van der Waals surface area contributed by atoms with Gasteiger partial charge in [-0.1, -0.05) is 84.6 Å². The van der Waals surface area contributed by atoms with E-state index in [1.54, 1.807) is 0 Å². The number of hydrogen-bond donors (Lipinski definition) is 1. The lowest BCUT2D eigenvalue weighted by atomic mass is 10.1. The summed E-state index contributed by atoms with van der Waals surface area (Å²) < 4.78 is 2.09. The van der Waals surface area contributed by atoms with Crippen molar-refractivity contribution in [2.24, 2.45) is 0 Å². The SMILES string of the molecule is Cc1cccc(-n2c(Cc3ccccc3)nnc2SC(C(=O)NC2CC2)c2ccccc2)c1. The number of benzene rings is 3. The fourth-order valence-corrected chi connectivity index (χ4v) is 4.89. The minimum Gasteiger partial charge on any atom is -0.352 e. The van der Waals surface area contributed by atoms with Gasteiger partial charge >= 0.3 is 0 Å². The Balaban J connectivity index is 1.53. The van der Waals surface area contributed by atoms with E-state index >= 15 is 0 Å². The first kappa shape index (κ1) is 21.5. The van der Waals surface area contributed by atoms with Crippen LogP contribution in [0.3, 0.4) is 0 Å². The minimum atomic E-state index is -0.399. The van der Waals surface area contributed by atoms with Crippen molar-refractivity contribution >= 4 is 17.7 Å². The molecule has 33 heavy (non-hydrogen) atoms. The second-order valence-electron chi connectivity index (χ2n) is 8.43. The van der Waals surface area contributed by atoms with Crippen LogP contribution in [-0.4, -0.2) is 26.7 Å². The van der Waals surface area contributed by atoms with Crippen LogP contribution in [0.25, 0.3) is 5.69 Å². The Morgan fingerprint density at radius 1 is 1.00 bits per heavy atom. The summed E-state index contributed by atoms with van der Waals surface area (Å²) in [6.07, 6.45) is 2.77. The quantitative estimate of drug-likeness (QED) is 0.368. The van der Waals surface area contributed by atoms with Gasteiger partial charge in [-0.05, 0) is 48.6 Å². The number of rotatable bonds is 8. The molecule has 166 valence electrons. The molecule has 1 saturated carbocycles. The Bertz CT molecular complexity index is 1240. The summed E-state index contributed by atoms with van der Waals surface area (Å²) >= 11 is 1.46. The number of nitrogens with one attached hydrogen (secondary N) is 1. The van der Waals surface area contributed by atoms with Crippen LogP contribution in [0, 0.1) is 6.92 Å². The van der Waals surface area contributed by atoms with E-state index in [4.69, 9.17) is 0 Å². The number of carbonyl (C=O) groups is 1. The smallest absolute Gasteiger partial charge is 0.238 e. The molecule has 1 atom stereocenters. The summed E-state index contributed by atoms with van der Waals surface area (Å²) in [5, 5.41) is 12.6. The molecule has 0 radical (unpaired) electrons. The van der Waals surface area contributed by atoms with Gasteiger partial charge < -0.3 is 5.32 Å². The number of aromatic nitrogens is 3. The highest BCUT2D eigenvalue weighted by Gasteiger charge is 2.31. The molecule has 4 aromatic rings. The van der Waals surface area contributed by atoms with Crippen LogP contribution < -0.4 is 5.32 Å². The van der Waals surface area contributed by atoms with Crippen LogP contribution in [-0.2, 0) is 11.2 Å². The molecule has 0 aliphatic heterocycles. The molecule has 1 amide bonds. The molecule has 1 heterocycles. The third-order valence-corrected chi connectivity index (χ3v) is 6.85. The molecule has 6 heteroatoms. The van der Waals surface area contributed by atoms with E-state index in [9.17, 15) is 4.79 Å². The number of hydrogen-bond acceptors (Lipinski definition) is 4. The van der Waals surface area contributed by atoms with Gasteiger partial charge in [-0.3, -0.25) is 9.36 Å². The monoisotopic (exact) mass is 454 g/mol. The van der Waals surface area contributed by atoms with Crippen molar-refractivity contribution in [1.82, 2.24) is 20.1 Å². The summed E-state index contributed by atoms with van der Waals surface area (Å²) in [4.78, 5) is 13.2. The van der Waals surface area contributed by atoms with Gasteiger partial charge in [-0.2, -0.15) is 0 Å². The fourth-order valence-electron chi connectivity index (χ4n) is 3.81. The molecular formula is C27H26N4OS. The van der Waals surface area contributed by atoms with Gasteiger partial charge in [0.2, 0.25) is 5.91 Å². The van der Waals surface area contributed by atoms with Crippen molar-refractivity contribution in [2.45, 2.75) is 42.6 Å². The second-order valence-corrected chi connectivity index (χ2v) is 9.50. The highest BCUT2D eigenvalue weighted by Crippen LogP contribution is 2.37. The maximum absolute atomic E-state index is 13.2. The molecule has 1 fully saturated rings. The minimum absolute atomic E-state index is 0.0251. The number of carbonyl (C=O) groups excluding carboxylic acids is 1. The number of thioether (sulfide) groups is 1. The summed E-state index contributed by atoms with van der Waals surface area (Å²) in [5.74, 6) is 0.876. The van der Waals surface area contributed by atoms with Crippen LogP contribution in [0.4, 0.5) is 0 Å². The Kier molecular flexibility index (Phi) is 6.26. The molecule has 0 saturated heterocycles. The molecule has 0 spiro atoms. The lowest BCUT2D eigenvalue weighted by molar-refractivity contribution is -0.120. The molecule has 1 unspecified atom stereocenters. The number of amides is 1. The Morgan fingerprint density at radius 3 is 2.42 bits per heavy atom. The van der Waals surface area contributed by atoms with Crippen molar-refractivity contribution < 1.29 is 4.79 Å². The maximum Gasteiger partial charge on any atom is 0.238 e. The van der Waals surface area contributed by atoms with Gasteiger partial charge in [0.15, 0.2) is 5.16 Å². The first-order valence-corrected chi connectivity index (χ1v) is 12.1. The van der Waals surface area contributed by atoms with Gasteiger partial charge in [0.05, 0.1) is 0 Å². The van der Waals surface area contributed by atoms with E-state index in [1.165, 1.54) is 17.3 Å². The average molecular weight is 455 g/mol. The molecule has 1 N–H and O–H groups in total. The highest BCUT2D eigenvalue weighted by atomic mass is 32.2. The first-order chi connectivity index (χ1) is 16.2. The summed E-state index contributed by atoms with van der Waals surface area (Å²) in [7, 11) is 0. The third-order valence-electron chi connectivity index (χ3n) is 5.65. The van der Waals surface area contributed by atoms with Gasteiger partial charge in [-0.15, -0.1) is 10.2 Å². The molecule has 1 aliphatic carbocycles. The summed E-state index contributed by atoms with van der Waals surface area (Å²) in [6.45, 7) is 2.08. The summed E-state index contributed by atoms with van der Waals surface area (Å²) in [5.41, 5.74) is 4.29. The zero-order chi connectivity index (χ0) is 22.6. The van der Waals surface area contributed by atoms with Crippen molar-refractivity contribution in [2.75, 3.05) is 0 Å². The fraction of sp³-hybridized carbons (Fsp3) is 0.222. The zero-order valence-electron chi connectivity index (χ0n) is 18.5. The molecule has 1 aromatic heterocycles. The number of aryl methyl sites for hydroxylation is 1. The van der Waals surface area contributed by atoms with E-state index in [1.807, 2.05) is 54.6 Å². The van der Waals surface area contributed by atoms with Crippen molar-refractivity contribution in [1.29, 1.82) is 0 Å². The standard InChI is InChI=1S/C27H26N4OS/c1-19-9-8-14-23(17-19)31-24(18-20-10-4-2-5-11-20)29-30-27(31)33-25(21-12-6-3-7-13-21)26(32)28-22-15-16-22/h2-14,17,22,25H,15-16,18H2,1H3,(H,28,32). The lowest BCUT2D eigenvalue weighted by Crippen LogP contribution is -2.30. The van der Waals surface area contributed by atoms with E-state index in [0.717, 1.165) is 35.5 Å². The zero-order valence-corrected chi connectivity index (χ0v) is 19.3. The molecule has 5 nitrogen and oxygen atoms in total. The van der Waals surface area contributed by atoms with Gasteiger partial charge in [0.1, 0.15) is 11.1 Å². The molecular weight excluding hydrogens is 428 g/mol. The topological polar surface area (TPSA) is 59.8 Å². The average Bonchev–Trinajstić information content (AvgIpc) is 3.57. The van der Waals surface area contributed by atoms with Gasteiger partial charge in [-0.25, -0.2) is 0 Å². The normalized spacial score (nSPS) is 14.1. The summed E-state index contributed by atoms with van der Waals surface area (Å²) in [6, 6.07) is 28.8. The van der Waals surface area contributed by atoms with Crippen LogP contribution in [0.1, 0.15) is 40.6 Å². The Hall–Kier alpha value is -3.38. The predicted molar refractivity (Wildman–Crippen MR) is 132 cm³/mol.